The number of para-hydroxylation sites is 1. The van der Waals surface area contributed by atoms with Crippen LogP contribution in [0.2, 0.25) is 0 Å². The lowest BCUT2D eigenvalue weighted by Crippen LogP contribution is -2.52. The lowest BCUT2D eigenvalue weighted by molar-refractivity contribution is -0.135. The van der Waals surface area contributed by atoms with Gasteiger partial charge < -0.3 is 26.0 Å². The van der Waals surface area contributed by atoms with E-state index < -0.39 is 18.1 Å². The molecule has 4 amide bonds. The molecule has 0 radical (unpaired) electrons. The SMILES string of the molecule is CC(C)[C@@H](CO)NC(=O)C[C@@H](NC(=O)Nc1ccccc1)C(=O)N1CCCC1. The van der Waals surface area contributed by atoms with Gasteiger partial charge in [-0.1, -0.05) is 32.0 Å². The standard InChI is InChI=1S/C20H30N4O4/c1-14(2)17(13-25)22-18(26)12-16(19(27)24-10-6-7-11-24)23-20(28)21-15-8-4-3-5-9-15/h3-5,8-9,14,16-17,25H,6-7,10-13H2,1-2H3,(H,22,26)(H2,21,23,28)/t16-,17-/m1/s1. The average Bonchev–Trinajstić information content (AvgIpc) is 3.20. The number of aliphatic hydroxyl groups excluding tert-OH is 1. The number of nitrogens with zero attached hydrogens (tertiary/aromatic N) is 1. The highest BCUT2D eigenvalue weighted by atomic mass is 16.3. The predicted molar refractivity (Wildman–Crippen MR) is 107 cm³/mol. The smallest absolute Gasteiger partial charge is 0.319 e. The lowest BCUT2D eigenvalue weighted by atomic mass is 10.0. The van der Waals surface area contributed by atoms with E-state index in [4.69, 9.17) is 0 Å². The number of urea groups is 1. The quantitative estimate of drug-likeness (QED) is 0.536. The van der Waals surface area contributed by atoms with Gasteiger partial charge in [0.2, 0.25) is 11.8 Å². The maximum atomic E-state index is 12.8. The number of hydrogen-bond donors (Lipinski definition) is 4. The fourth-order valence-electron chi connectivity index (χ4n) is 3.08. The second kappa shape index (κ2) is 10.7. The van der Waals surface area contributed by atoms with Crippen LogP contribution < -0.4 is 16.0 Å². The molecular weight excluding hydrogens is 360 g/mol. The molecule has 0 bridgehead atoms. The van der Waals surface area contributed by atoms with Gasteiger partial charge in [0.1, 0.15) is 6.04 Å². The highest BCUT2D eigenvalue weighted by molar-refractivity contribution is 5.96. The number of nitrogens with one attached hydrogen (secondary N) is 3. The van der Waals surface area contributed by atoms with E-state index in [9.17, 15) is 19.5 Å². The van der Waals surface area contributed by atoms with Gasteiger partial charge in [-0.05, 0) is 30.9 Å². The Morgan fingerprint density at radius 1 is 1.07 bits per heavy atom. The van der Waals surface area contributed by atoms with E-state index in [0.29, 0.717) is 18.8 Å². The van der Waals surface area contributed by atoms with Crippen LogP contribution in [0.15, 0.2) is 30.3 Å². The third-order valence-corrected chi connectivity index (χ3v) is 4.79. The van der Waals surface area contributed by atoms with Crippen LogP contribution in [0, 0.1) is 5.92 Å². The third kappa shape index (κ3) is 6.53. The topological polar surface area (TPSA) is 111 Å². The molecule has 1 saturated heterocycles. The molecule has 8 nitrogen and oxygen atoms in total. The number of hydrogen-bond acceptors (Lipinski definition) is 4. The first-order chi connectivity index (χ1) is 13.4. The summed E-state index contributed by atoms with van der Waals surface area (Å²) < 4.78 is 0. The molecule has 154 valence electrons. The fraction of sp³-hybridized carbons (Fsp3) is 0.550. The Kier molecular flexibility index (Phi) is 8.25. The summed E-state index contributed by atoms with van der Waals surface area (Å²) in [5.41, 5.74) is 0.594. The van der Waals surface area contributed by atoms with E-state index in [-0.39, 0.29) is 30.8 Å². The molecule has 2 atom stereocenters. The van der Waals surface area contributed by atoms with E-state index in [1.165, 1.54) is 0 Å². The summed E-state index contributed by atoms with van der Waals surface area (Å²) >= 11 is 0. The minimum absolute atomic E-state index is 0.0519. The third-order valence-electron chi connectivity index (χ3n) is 4.79. The molecule has 1 aromatic carbocycles. The summed E-state index contributed by atoms with van der Waals surface area (Å²) in [6, 6.07) is 6.98. The van der Waals surface area contributed by atoms with Crippen molar-refractivity contribution in [3.8, 4) is 0 Å². The molecule has 28 heavy (non-hydrogen) atoms. The van der Waals surface area contributed by atoms with E-state index in [1.54, 1.807) is 29.2 Å². The van der Waals surface area contributed by atoms with Crippen molar-refractivity contribution in [2.75, 3.05) is 25.0 Å². The van der Waals surface area contributed by atoms with Gasteiger partial charge in [0.15, 0.2) is 0 Å². The number of rotatable bonds is 8. The zero-order valence-corrected chi connectivity index (χ0v) is 16.5. The molecule has 0 unspecified atom stereocenters. The summed E-state index contributed by atoms with van der Waals surface area (Å²) in [6.07, 6.45) is 1.66. The van der Waals surface area contributed by atoms with Gasteiger partial charge in [-0.3, -0.25) is 9.59 Å². The molecule has 1 fully saturated rings. The molecule has 8 heteroatoms. The molecule has 0 saturated carbocycles. The summed E-state index contributed by atoms with van der Waals surface area (Å²) in [4.78, 5) is 39.3. The zero-order valence-electron chi connectivity index (χ0n) is 16.5. The number of carbonyl (C=O) groups is 3. The molecule has 0 aliphatic carbocycles. The van der Waals surface area contributed by atoms with E-state index in [2.05, 4.69) is 16.0 Å². The second-order valence-corrected chi connectivity index (χ2v) is 7.35. The molecule has 4 N–H and O–H groups in total. The Morgan fingerprint density at radius 3 is 2.29 bits per heavy atom. The Labute approximate surface area is 165 Å². The number of anilines is 1. The first-order valence-corrected chi connectivity index (χ1v) is 9.72. The van der Waals surface area contributed by atoms with Crippen LogP contribution in [0.25, 0.3) is 0 Å². The highest BCUT2D eigenvalue weighted by Gasteiger charge is 2.30. The van der Waals surface area contributed by atoms with Crippen LogP contribution in [0.5, 0.6) is 0 Å². The Bertz CT molecular complexity index is 659. The number of likely N-dealkylation sites (tertiary alicyclic amines) is 1. The number of aliphatic hydroxyl groups is 1. The summed E-state index contributed by atoms with van der Waals surface area (Å²) in [7, 11) is 0. The van der Waals surface area contributed by atoms with Crippen molar-refractivity contribution < 1.29 is 19.5 Å². The highest BCUT2D eigenvalue weighted by Crippen LogP contribution is 2.12. The van der Waals surface area contributed by atoms with Crippen LogP contribution in [0.1, 0.15) is 33.1 Å². The number of amides is 4. The molecule has 1 aromatic rings. The van der Waals surface area contributed by atoms with Gasteiger partial charge >= 0.3 is 6.03 Å². The molecule has 1 aliphatic rings. The molecular formula is C20H30N4O4. The van der Waals surface area contributed by atoms with E-state index in [1.807, 2.05) is 19.9 Å². The monoisotopic (exact) mass is 390 g/mol. The van der Waals surface area contributed by atoms with Crippen molar-refractivity contribution in [1.29, 1.82) is 0 Å². The zero-order chi connectivity index (χ0) is 20.5. The van der Waals surface area contributed by atoms with Crippen LogP contribution in [-0.4, -0.2) is 59.6 Å². The summed E-state index contributed by atoms with van der Waals surface area (Å²) in [6.45, 7) is 4.85. The average molecular weight is 390 g/mol. The van der Waals surface area contributed by atoms with E-state index >= 15 is 0 Å². The number of carbonyl (C=O) groups excluding carboxylic acids is 3. The van der Waals surface area contributed by atoms with Crippen LogP contribution in [-0.2, 0) is 9.59 Å². The van der Waals surface area contributed by atoms with Crippen molar-refractivity contribution in [3.63, 3.8) is 0 Å². The van der Waals surface area contributed by atoms with Crippen molar-refractivity contribution in [1.82, 2.24) is 15.5 Å². The van der Waals surface area contributed by atoms with Crippen molar-refractivity contribution in [2.45, 2.75) is 45.2 Å². The maximum Gasteiger partial charge on any atom is 0.319 e. The van der Waals surface area contributed by atoms with Gasteiger partial charge in [0.05, 0.1) is 19.1 Å². The number of benzene rings is 1. The van der Waals surface area contributed by atoms with Crippen molar-refractivity contribution in [2.24, 2.45) is 5.92 Å². The Morgan fingerprint density at radius 2 is 1.71 bits per heavy atom. The Hall–Kier alpha value is -2.61. The first-order valence-electron chi connectivity index (χ1n) is 9.72. The maximum absolute atomic E-state index is 12.8. The fourth-order valence-corrected chi connectivity index (χ4v) is 3.08. The lowest BCUT2D eigenvalue weighted by Gasteiger charge is -2.25. The summed E-state index contributed by atoms with van der Waals surface area (Å²) in [5.74, 6) is -0.595. The van der Waals surface area contributed by atoms with Gasteiger partial charge in [-0.2, -0.15) is 0 Å². The van der Waals surface area contributed by atoms with Crippen LogP contribution in [0.4, 0.5) is 10.5 Å². The minimum atomic E-state index is -0.965. The van der Waals surface area contributed by atoms with Crippen molar-refractivity contribution in [3.05, 3.63) is 30.3 Å². The van der Waals surface area contributed by atoms with Gasteiger partial charge in [-0.15, -0.1) is 0 Å². The predicted octanol–water partition coefficient (Wildman–Crippen LogP) is 1.32. The van der Waals surface area contributed by atoms with Crippen LogP contribution >= 0.6 is 0 Å². The largest absolute Gasteiger partial charge is 0.394 e. The molecule has 2 rings (SSSR count). The molecule has 1 aliphatic heterocycles. The molecule has 1 heterocycles. The van der Waals surface area contributed by atoms with Gasteiger partial charge in [0.25, 0.3) is 0 Å². The van der Waals surface area contributed by atoms with Gasteiger partial charge in [0, 0.05) is 18.8 Å². The Balaban J connectivity index is 2.02. The minimum Gasteiger partial charge on any atom is -0.394 e. The van der Waals surface area contributed by atoms with Crippen molar-refractivity contribution >= 4 is 23.5 Å². The van der Waals surface area contributed by atoms with E-state index in [0.717, 1.165) is 12.8 Å². The summed E-state index contributed by atoms with van der Waals surface area (Å²) in [5, 5.41) is 17.4. The van der Waals surface area contributed by atoms with Crippen LogP contribution in [0.3, 0.4) is 0 Å². The van der Waals surface area contributed by atoms with Gasteiger partial charge in [-0.25, -0.2) is 4.79 Å². The molecule has 0 aromatic heterocycles. The normalized spacial score (nSPS) is 15.8. The second-order valence-electron chi connectivity index (χ2n) is 7.35. The first kappa shape index (κ1) is 21.7. The molecule has 0 spiro atoms.